The van der Waals surface area contributed by atoms with Gasteiger partial charge in [0.05, 0.1) is 5.69 Å². The van der Waals surface area contributed by atoms with E-state index < -0.39 is 11.5 Å². The molecule has 7 heteroatoms. The highest BCUT2D eigenvalue weighted by atomic mass is 16.4. The van der Waals surface area contributed by atoms with Gasteiger partial charge in [-0.3, -0.25) is 9.89 Å². The van der Waals surface area contributed by atoms with E-state index in [1.807, 2.05) is 18.2 Å². The number of aromatic amines is 1. The zero-order chi connectivity index (χ0) is 19.0. The van der Waals surface area contributed by atoms with E-state index in [0.717, 1.165) is 10.1 Å². The Morgan fingerprint density at radius 1 is 1.22 bits per heavy atom. The number of carboxylic acid groups (broad SMARTS) is 1. The third kappa shape index (κ3) is 2.99. The van der Waals surface area contributed by atoms with Gasteiger partial charge in [0, 0.05) is 11.6 Å². The molecule has 2 aromatic heterocycles. The number of carboxylic acids is 1. The highest BCUT2D eigenvalue weighted by molar-refractivity contribution is 5.91. The van der Waals surface area contributed by atoms with Gasteiger partial charge in [0.2, 0.25) is 0 Å². The molecule has 0 saturated heterocycles. The predicted molar refractivity (Wildman–Crippen MR) is 98.7 cm³/mol. The summed E-state index contributed by atoms with van der Waals surface area (Å²) in [7, 11) is 0. The van der Waals surface area contributed by atoms with Crippen molar-refractivity contribution in [3.05, 3.63) is 57.5 Å². The Labute approximate surface area is 154 Å². The van der Waals surface area contributed by atoms with Crippen LogP contribution in [0.2, 0.25) is 0 Å². The number of aromatic carboxylic acids is 1. The summed E-state index contributed by atoms with van der Waals surface area (Å²) >= 11 is 0. The van der Waals surface area contributed by atoms with Crippen LogP contribution < -0.4 is 5.56 Å². The first-order valence-electron chi connectivity index (χ1n) is 8.98. The Bertz CT molecular complexity index is 1110. The number of aromatic nitrogens is 3. The van der Waals surface area contributed by atoms with Crippen molar-refractivity contribution in [1.29, 1.82) is 5.26 Å². The van der Waals surface area contributed by atoms with Crippen molar-refractivity contribution >= 4 is 11.6 Å². The fraction of sp³-hybridized carbons (Fsp3) is 0.300. The number of carbonyl (C=O) groups is 1. The van der Waals surface area contributed by atoms with Crippen LogP contribution in [0.25, 0.3) is 16.9 Å². The molecule has 4 rings (SSSR count). The monoisotopic (exact) mass is 362 g/mol. The number of hydrogen-bond donors (Lipinski definition) is 2. The fourth-order valence-corrected chi connectivity index (χ4v) is 3.81. The quantitative estimate of drug-likeness (QED) is 0.742. The first-order chi connectivity index (χ1) is 13.1. The molecule has 1 fully saturated rings. The SMILES string of the molecule is N#Cc1c(C(=O)O)[nH]n2c(=O)cc(-c3ccc(C4CCCCC4)cc3)nc12. The molecule has 7 nitrogen and oxygen atoms in total. The number of nitriles is 1. The van der Waals surface area contributed by atoms with Crippen LogP contribution in [0.15, 0.2) is 35.1 Å². The third-order valence-corrected chi connectivity index (χ3v) is 5.22. The number of nitrogens with zero attached hydrogens (tertiary/aromatic N) is 3. The maximum Gasteiger partial charge on any atom is 0.355 e. The number of benzene rings is 1. The lowest BCUT2D eigenvalue weighted by Gasteiger charge is -2.22. The molecule has 0 unspecified atom stereocenters. The smallest absolute Gasteiger partial charge is 0.355 e. The summed E-state index contributed by atoms with van der Waals surface area (Å²) in [5, 5.41) is 20.9. The molecule has 2 N–H and O–H groups in total. The predicted octanol–water partition coefficient (Wildman–Crippen LogP) is 3.31. The number of hydrogen-bond acceptors (Lipinski definition) is 4. The minimum atomic E-state index is -1.31. The maximum absolute atomic E-state index is 12.4. The number of nitrogens with one attached hydrogen (secondary N) is 1. The molecular formula is C20H18N4O3. The van der Waals surface area contributed by atoms with E-state index in [2.05, 4.69) is 22.2 Å². The summed E-state index contributed by atoms with van der Waals surface area (Å²) in [6.07, 6.45) is 6.24. The van der Waals surface area contributed by atoms with Crippen molar-refractivity contribution in [2.45, 2.75) is 38.0 Å². The van der Waals surface area contributed by atoms with Crippen molar-refractivity contribution in [1.82, 2.24) is 14.6 Å². The number of H-pyrrole nitrogens is 1. The highest BCUT2D eigenvalue weighted by Crippen LogP contribution is 2.33. The third-order valence-electron chi connectivity index (χ3n) is 5.22. The second kappa shape index (κ2) is 6.72. The topological polar surface area (TPSA) is 111 Å². The summed E-state index contributed by atoms with van der Waals surface area (Å²) in [6, 6.07) is 11.2. The van der Waals surface area contributed by atoms with Crippen LogP contribution in [0.3, 0.4) is 0 Å². The Balaban J connectivity index is 1.76. The van der Waals surface area contributed by atoms with Gasteiger partial charge in [-0.15, -0.1) is 0 Å². The standard InChI is InChI=1S/C20H18N4O3/c21-11-15-18(20(26)27)23-24-17(25)10-16(22-19(15)24)14-8-6-13(7-9-14)12-4-2-1-3-5-12/h6-10,12,23H,1-5H2,(H,26,27). The summed E-state index contributed by atoms with van der Waals surface area (Å²) in [5.74, 6) is -0.725. The van der Waals surface area contributed by atoms with E-state index in [0.29, 0.717) is 11.6 Å². The van der Waals surface area contributed by atoms with Crippen molar-refractivity contribution in [2.24, 2.45) is 0 Å². The van der Waals surface area contributed by atoms with Gasteiger partial charge in [0.1, 0.15) is 11.6 Å². The van der Waals surface area contributed by atoms with Crippen LogP contribution in [-0.4, -0.2) is 25.7 Å². The Morgan fingerprint density at radius 2 is 1.93 bits per heavy atom. The molecule has 0 radical (unpaired) electrons. The minimum absolute atomic E-state index is 0.0220. The molecule has 0 atom stereocenters. The van der Waals surface area contributed by atoms with E-state index >= 15 is 0 Å². The molecule has 0 amide bonds. The van der Waals surface area contributed by atoms with Gasteiger partial charge >= 0.3 is 5.97 Å². The van der Waals surface area contributed by atoms with E-state index in [4.69, 9.17) is 0 Å². The van der Waals surface area contributed by atoms with Crippen LogP contribution in [0.4, 0.5) is 0 Å². The normalized spacial score (nSPS) is 14.9. The first kappa shape index (κ1) is 17.0. The Kier molecular flexibility index (Phi) is 4.24. The maximum atomic E-state index is 12.4. The van der Waals surface area contributed by atoms with E-state index in [1.165, 1.54) is 43.7 Å². The van der Waals surface area contributed by atoms with Crippen LogP contribution in [-0.2, 0) is 0 Å². The molecule has 1 saturated carbocycles. The van der Waals surface area contributed by atoms with Crippen LogP contribution in [0.1, 0.15) is 59.6 Å². The van der Waals surface area contributed by atoms with Gasteiger partial charge < -0.3 is 5.11 Å². The van der Waals surface area contributed by atoms with Gasteiger partial charge in [-0.05, 0) is 24.3 Å². The second-order valence-electron chi connectivity index (χ2n) is 6.87. The number of rotatable bonds is 3. The highest BCUT2D eigenvalue weighted by Gasteiger charge is 2.20. The van der Waals surface area contributed by atoms with Gasteiger partial charge in [-0.2, -0.15) is 9.78 Å². The van der Waals surface area contributed by atoms with Crippen LogP contribution >= 0.6 is 0 Å². The molecule has 0 bridgehead atoms. The van der Waals surface area contributed by atoms with Crippen molar-refractivity contribution in [3.8, 4) is 17.3 Å². The van der Waals surface area contributed by atoms with E-state index in [1.54, 1.807) is 0 Å². The van der Waals surface area contributed by atoms with Crippen LogP contribution in [0.5, 0.6) is 0 Å². The second-order valence-corrected chi connectivity index (χ2v) is 6.87. The van der Waals surface area contributed by atoms with Gasteiger partial charge in [0.15, 0.2) is 11.3 Å². The molecule has 1 aliphatic carbocycles. The zero-order valence-corrected chi connectivity index (χ0v) is 14.6. The minimum Gasteiger partial charge on any atom is -0.476 e. The average molecular weight is 362 g/mol. The summed E-state index contributed by atoms with van der Waals surface area (Å²) < 4.78 is 0.988. The van der Waals surface area contributed by atoms with E-state index in [9.17, 15) is 20.0 Å². The molecule has 0 aliphatic heterocycles. The van der Waals surface area contributed by atoms with Gasteiger partial charge in [0.25, 0.3) is 5.56 Å². The molecular weight excluding hydrogens is 344 g/mol. The largest absolute Gasteiger partial charge is 0.476 e. The summed E-state index contributed by atoms with van der Waals surface area (Å²) in [6.45, 7) is 0. The van der Waals surface area contributed by atoms with Gasteiger partial charge in [-0.25, -0.2) is 9.78 Å². The van der Waals surface area contributed by atoms with E-state index in [-0.39, 0.29) is 16.9 Å². The Hall–Kier alpha value is -3.40. The summed E-state index contributed by atoms with van der Waals surface area (Å²) in [5.41, 5.74) is 1.54. The fourth-order valence-electron chi connectivity index (χ4n) is 3.81. The molecule has 27 heavy (non-hydrogen) atoms. The molecule has 0 spiro atoms. The lowest BCUT2D eigenvalue weighted by Crippen LogP contribution is -2.15. The van der Waals surface area contributed by atoms with Crippen molar-refractivity contribution in [2.75, 3.05) is 0 Å². The molecule has 136 valence electrons. The van der Waals surface area contributed by atoms with Crippen LogP contribution in [0, 0.1) is 11.3 Å². The first-order valence-corrected chi connectivity index (χ1v) is 8.98. The van der Waals surface area contributed by atoms with Gasteiger partial charge in [-0.1, -0.05) is 43.5 Å². The molecule has 1 aromatic carbocycles. The van der Waals surface area contributed by atoms with Crippen molar-refractivity contribution < 1.29 is 9.90 Å². The Morgan fingerprint density at radius 3 is 2.56 bits per heavy atom. The summed E-state index contributed by atoms with van der Waals surface area (Å²) in [4.78, 5) is 28.0. The molecule has 3 aromatic rings. The molecule has 2 heterocycles. The average Bonchev–Trinajstić information content (AvgIpc) is 3.08. The zero-order valence-electron chi connectivity index (χ0n) is 14.6. The van der Waals surface area contributed by atoms with Crippen molar-refractivity contribution in [3.63, 3.8) is 0 Å². The lowest BCUT2D eigenvalue weighted by molar-refractivity contribution is 0.0689. The number of fused-ring (bicyclic) bond motifs is 1. The lowest BCUT2D eigenvalue weighted by atomic mass is 9.84. The molecule has 1 aliphatic rings.